The van der Waals surface area contributed by atoms with Gasteiger partial charge in [-0.25, -0.2) is 13.1 Å². The van der Waals surface area contributed by atoms with Gasteiger partial charge in [0, 0.05) is 38.2 Å². The molecular weight excluding hydrogens is 344 g/mol. The van der Waals surface area contributed by atoms with Crippen LogP contribution in [0.15, 0.2) is 4.99 Å². The molecule has 0 amide bonds. The molecular formula is C16H34N4O4S. The van der Waals surface area contributed by atoms with Crippen molar-refractivity contribution in [1.82, 2.24) is 14.9 Å². The maximum absolute atomic E-state index is 11.5. The number of nitrogens with one attached hydrogen (secondary N) is 2. The molecule has 1 heterocycles. The fourth-order valence-electron chi connectivity index (χ4n) is 2.79. The SMILES string of the molecule is CCNC(=NCC(C)(C)NS(C)(=O)=O)N1CCC(COCCOC)C1. The van der Waals surface area contributed by atoms with Crippen LogP contribution in [-0.4, -0.2) is 84.2 Å². The van der Waals surface area contributed by atoms with Gasteiger partial charge in [-0.05, 0) is 27.2 Å². The molecule has 1 fully saturated rings. The molecule has 9 heteroatoms. The van der Waals surface area contributed by atoms with Crippen LogP contribution < -0.4 is 10.0 Å². The molecule has 2 N–H and O–H groups in total. The molecule has 0 aromatic heterocycles. The standard InChI is InChI=1S/C16H34N4O4S/c1-6-17-15(18-13-16(2,3)19-25(5,21)22)20-8-7-14(11-20)12-24-10-9-23-4/h14,19H,6-13H2,1-5H3,(H,17,18). The van der Waals surface area contributed by atoms with E-state index in [4.69, 9.17) is 9.47 Å². The summed E-state index contributed by atoms with van der Waals surface area (Å²) >= 11 is 0. The molecule has 0 aliphatic carbocycles. The number of likely N-dealkylation sites (tertiary alicyclic amines) is 1. The topological polar surface area (TPSA) is 92.3 Å². The Kier molecular flexibility index (Phi) is 9.12. The van der Waals surface area contributed by atoms with Crippen LogP contribution in [-0.2, 0) is 19.5 Å². The van der Waals surface area contributed by atoms with Crippen LogP contribution in [0.2, 0.25) is 0 Å². The number of ether oxygens (including phenoxy) is 2. The van der Waals surface area contributed by atoms with E-state index >= 15 is 0 Å². The maximum atomic E-state index is 11.5. The van der Waals surface area contributed by atoms with Gasteiger partial charge in [-0.2, -0.15) is 0 Å². The Balaban J connectivity index is 2.58. The molecule has 148 valence electrons. The predicted octanol–water partition coefficient (Wildman–Crippen LogP) is 0.265. The van der Waals surface area contributed by atoms with Gasteiger partial charge >= 0.3 is 0 Å². The summed E-state index contributed by atoms with van der Waals surface area (Å²) in [5.41, 5.74) is -0.628. The molecule has 1 unspecified atom stereocenters. The summed E-state index contributed by atoms with van der Waals surface area (Å²) < 4.78 is 36.1. The summed E-state index contributed by atoms with van der Waals surface area (Å²) in [5.74, 6) is 1.30. The molecule has 0 radical (unpaired) electrons. The Bertz CT molecular complexity index is 522. The highest BCUT2D eigenvalue weighted by Gasteiger charge is 2.26. The van der Waals surface area contributed by atoms with Crippen LogP contribution in [0.25, 0.3) is 0 Å². The number of aliphatic imine (C=N–C) groups is 1. The lowest BCUT2D eigenvalue weighted by Gasteiger charge is -2.26. The van der Waals surface area contributed by atoms with Crippen molar-refractivity contribution in [3.63, 3.8) is 0 Å². The minimum atomic E-state index is -3.26. The van der Waals surface area contributed by atoms with Gasteiger partial charge in [0.05, 0.1) is 32.6 Å². The minimum Gasteiger partial charge on any atom is -0.382 e. The zero-order valence-corrected chi connectivity index (χ0v) is 17.0. The van der Waals surface area contributed by atoms with Crippen molar-refractivity contribution < 1.29 is 17.9 Å². The first-order chi connectivity index (χ1) is 11.7. The van der Waals surface area contributed by atoms with Crippen LogP contribution in [0.4, 0.5) is 0 Å². The number of methoxy groups -OCH3 is 1. The molecule has 1 aliphatic rings. The Morgan fingerprint density at radius 2 is 2.08 bits per heavy atom. The molecule has 0 spiro atoms. The van der Waals surface area contributed by atoms with E-state index < -0.39 is 15.6 Å². The molecule has 1 saturated heterocycles. The molecule has 1 atom stereocenters. The summed E-state index contributed by atoms with van der Waals surface area (Å²) in [5, 5.41) is 3.29. The number of hydrogen-bond acceptors (Lipinski definition) is 5. The summed E-state index contributed by atoms with van der Waals surface area (Å²) in [6, 6.07) is 0. The number of guanidine groups is 1. The summed E-state index contributed by atoms with van der Waals surface area (Å²) in [6.07, 6.45) is 2.22. The number of rotatable bonds is 10. The highest BCUT2D eigenvalue weighted by Crippen LogP contribution is 2.17. The third-order valence-electron chi connectivity index (χ3n) is 3.79. The highest BCUT2D eigenvalue weighted by molar-refractivity contribution is 7.88. The molecule has 0 aromatic rings. The first-order valence-electron chi connectivity index (χ1n) is 8.75. The summed E-state index contributed by atoms with van der Waals surface area (Å²) in [4.78, 5) is 6.85. The molecule has 0 aromatic carbocycles. The van der Waals surface area contributed by atoms with Crippen molar-refractivity contribution in [1.29, 1.82) is 0 Å². The number of sulfonamides is 1. The van der Waals surface area contributed by atoms with Crippen LogP contribution in [0.3, 0.4) is 0 Å². The van der Waals surface area contributed by atoms with Gasteiger partial charge in [0.25, 0.3) is 0 Å². The largest absolute Gasteiger partial charge is 0.382 e. The second-order valence-electron chi connectivity index (χ2n) is 7.10. The van der Waals surface area contributed by atoms with Crippen molar-refractivity contribution >= 4 is 16.0 Å². The van der Waals surface area contributed by atoms with Crippen molar-refractivity contribution in [3.05, 3.63) is 0 Å². The monoisotopic (exact) mass is 378 g/mol. The van der Waals surface area contributed by atoms with E-state index in [2.05, 4.69) is 19.9 Å². The molecule has 1 aliphatic heterocycles. The van der Waals surface area contributed by atoms with Crippen molar-refractivity contribution in [3.8, 4) is 0 Å². The second kappa shape index (κ2) is 10.3. The zero-order chi connectivity index (χ0) is 18.9. The minimum absolute atomic E-state index is 0.369. The Morgan fingerprint density at radius 3 is 2.68 bits per heavy atom. The van der Waals surface area contributed by atoms with Gasteiger partial charge in [-0.1, -0.05) is 0 Å². The van der Waals surface area contributed by atoms with Gasteiger partial charge in [-0.3, -0.25) is 4.99 Å². The Morgan fingerprint density at radius 1 is 1.36 bits per heavy atom. The van der Waals surface area contributed by atoms with Crippen LogP contribution in [0.1, 0.15) is 27.2 Å². The Labute approximate surface area is 152 Å². The molecule has 25 heavy (non-hydrogen) atoms. The summed E-state index contributed by atoms with van der Waals surface area (Å²) in [6.45, 7) is 10.6. The van der Waals surface area contributed by atoms with E-state index in [1.165, 1.54) is 0 Å². The number of hydrogen-bond donors (Lipinski definition) is 2. The Hall–Kier alpha value is -0.900. The van der Waals surface area contributed by atoms with E-state index in [9.17, 15) is 8.42 Å². The van der Waals surface area contributed by atoms with E-state index in [-0.39, 0.29) is 0 Å². The van der Waals surface area contributed by atoms with E-state index in [0.29, 0.717) is 25.7 Å². The van der Waals surface area contributed by atoms with Crippen LogP contribution in [0, 0.1) is 5.92 Å². The average molecular weight is 379 g/mol. The van der Waals surface area contributed by atoms with Gasteiger partial charge in [-0.15, -0.1) is 0 Å². The van der Waals surface area contributed by atoms with Crippen molar-refractivity contribution in [2.45, 2.75) is 32.7 Å². The van der Waals surface area contributed by atoms with Gasteiger partial charge in [0.1, 0.15) is 0 Å². The lowest BCUT2D eigenvalue weighted by atomic mass is 10.1. The predicted molar refractivity (Wildman–Crippen MR) is 100 cm³/mol. The zero-order valence-electron chi connectivity index (χ0n) is 16.2. The third kappa shape index (κ3) is 9.39. The third-order valence-corrected chi connectivity index (χ3v) is 4.71. The fourth-order valence-corrected chi connectivity index (χ4v) is 3.85. The van der Waals surface area contributed by atoms with Crippen LogP contribution >= 0.6 is 0 Å². The normalized spacial score (nSPS) is 19.5. The van der Waals surface area contributed by atoms with Crippen molar-refractivity contribution in [2.24, 2.45) is 10.9 Å². The highest BCUT2D eigenvalue weighted by atomic mass is 32.2. The quantitative estimate of drug-likeness (QED) is 0.322. The lowest BCUT2D eigenvalue weighted by molar-refractivity contribution is 0.0536. The van der Waals surface area contributed by atoms with E-state index in [1.807, 2.05) is 20.8 Å². The first-order valence-corrected chi connectivity index (χ1v) is 10.6. The van der Waals surface area contributed by atoms with Gasteiger partial charge in [0.2, 0.25) is 10.0 Å². The molecule has 0 bridgehead atoms. The molecule has 1 rings (SSSR count). The fraction of sp³-hybridized carbons (Fsp3) is 0.938. The first kappa shape index (κ1) is 22.1. The van der Waals surface area contributed by atoms with Gasteiger partial charge in [0.15, 0.2) is 5.96 Å². The maximum Gasteiger partial charge on any atom is 0.209 e. The summed E-state index contributed by atoms with van der Waals surface area (Å²) in [7, 11) is -1.60. The molecule has 8 nitrogen and oxygen atoms in total. The number of nitrogens with zero attached hydrogens (tertiary/aromatic N) is 2. The smallest absolute Gasteiger partial charge is 0.209 e. The van der Waals surface area contributed by atoms with Crippen molar-refractivity contribution in [2.75, 3.05) is 59.4 Å². The van der Waals surface area contributed by atoms with Gasteiger partial charge < -0.3 is 19.7 Å². The lowest BCUT2D eigenvalue weighted by Crippen LogP contribution is -2.47. The average Bonchev–Trinajstić information content (AvgIpc) is 2.94. The molecule has 0 saturated carbocycles. The van der Waals surface area contributed by atoms with E-state index in [0.717, 1.165) is 44.9 Å². The van der Waals surface area contributed by atoms with Crippen LogP contribution in [0.5, 0.6) is 0 Å². The van der Waals surface area contributed by atoms with E-state index in [1.54, 1.807) is 7.11 Å². The second-order valence-corrected chi connectivity index (χ2v) is 8.85.